The van der Waals surface area contributed by atoms with Gasteiger partial charge in [-0.3, -0.25) is 9.59 Å². The topological polar surface area (TPSA) is 90.9 Å². The molecule has 0 bridgehead atoms. The summed E-state index contributed by atoms with van der Waals surface area (Å²) in [5, 5.41) is 16.5. The number of likely N-dealkylation sites (tertiary alicyclic amines) is 1. The van der Waals surface area contributed by atoms with E-state index in [2.05, 4.69) is 10.6 Å². The highest BCUT2D eigenvalue weighted by Crippen LogP contribution is 2.25. The number of piperidine rings is 1. The number of benzene rings is 1. The lowest BCUT2D eigenvalue weighted by molar-refractivity contribution is -0.158. The molecule has 0 saturated carbocycles. The van der Waals surface area contributed by atoms with Crippen LogP contribution in [0.3, 0.4) is 0 Å². The van der Waals surface area contributed by atoms with Crippen molar-refractivity contribution in [1.82, 2.24) is 15.5 Å². The molecule has 1 atom stereocenters. The van der Waals surface area contributed by atoms with Gasteiger partial charge < -0.3 is 25.4 Å². The Bertz CT molecular complexity index is 662. The van der Waals surface area contributed by atoms with Gasteiger partial charge in [0.1, 0.15) is 5.75 Å². The molecule has 7 heteroatoms. The summed E-state index contributed by atoms with van der Waals surface area (Å²) >= 11 is 0. The summed E-state index contributed by atoms with van der Waals surface area (Å²) in [5.41, 5.74) is -1.44. The van der Waals surface area contributed by atoms with E-state index in [0.717, 1.165) is 11.3 Å². The van der Waals surface area contributed by atoms with Crippen LogP contribution in [-0.4, -0.2) is 60.2 Å². The normalized spacial score (nSPS) is 20.8. The molecule has 1 aromatic rings. The quantitative estimate of drug-likeness (QED) is 0.662. The molecule has 1 aliphatic rings. The Hall–Kier alpha value is -2.12. The van der Waals surface area contributed by atoms with Crippen LogP contribution in [-0.2, 0) is 16.1 Å². The summed E-state index contributed by atoms with van der Waals surface area (Å²) in [6.07, 6.45) is 1.07. The van der Waals surface area contributed by atoms with E-state index in [0.29, 0.717) is 25.9 Å². The monoisotopic (exact) mass is 363 g/mol. The van der Waals surface area contributed by atoms with Gasteiger partial charge in [-0.25, -0.2) is 0 Å². The van der Waals surface area contributed by atoms with Crippen LogP contribution in [0.1, 0.15) is 32.3 Å². The molecule has 0 radical (unpaired) electrons. The lowest BCUT2D eigenvalue weighted by Crippen LogP contribution is -2.62. The molecule has 1 aliphatic heterocycles. The zero-order valence-corrected chi connectivity index (χ0v) is 16.0. The fourth-order valence-corrected chi connectivity index (χ4v) is 3.13. The number of likely N-dealkylation sites (N-methyl/N-ethyl adjacent to an activating group) is 1. The number of carbonyl (C=O) groups is 2. The smallest absolute Gasteiger partial charge is 0.256 e. The summed E-state index contributed by atoms with van der Waals surface area (Å²) in [6, 6.07) is 7.54. The fourth-order valence-electron chi connectivity index (χ4n) is 3.13. The SMILES string of the molecule is CNC(=O)C(C)(C)NC[C@]1(O)CCCN(Cc2cccc(OC)c2)C1=O. The van der Waals surface area contributed by atoms with Crippen LogP contribution >= 0.6 is 0 Å². The third-order valence-corrected chi connectivity index (χ3v) is 4.83. The Morgan fingerprint density at radius 2 is 2.15 bits per heavy atom. The van der Waals surface area contributed by atoms with Gasteiger partial charge in [0, 0.05) is 26.7 Å². The predicted molar refractivity (Wildman–Crippen MR) is 98.7 cm³/mol. The number of ether oxygens (including phenoxy) is 1. The van der Waals surface area contributed by atoms with E-state index in [1.807, 2.05) is 24.3 Å². The van der Waals surface area contributed by atoms with Crippen LogP contribution in [0.15, 0.2) is 24.3 Å². The van der Waals surface area contributed by atoms with Crippen LogP contribution < -0.4 is 15.4 Å². The number of β-amino-alcohol motifs (C(OH)–C–C–N with tert-alkyl or cyclic N) is 1. The van der Waals surface area contributed by atoms with E-state index in [1.165, 1.54) is 0 Å². The maximum Gasteiger partial charge on any atom is 0.256 e. The lowest BCUT2D eigenvalue weighted by Gasteiger charge is -2.40. The Labute approximate surface area is 154 Å². The van der Waals surface area contributed by atoms with Gasteiger partial charge in [-0.05, 0) is 44.4 Å². The average Bonchev–Trinajstić information content (AvgIpc) is 2.63. The van der Waals surface area contributed by atoms with Crippen LogP contribution in [0.5, 0.6) is 5.75 Å². The Balaban J connectivity index is 2.06. The summed E-state index contributed by atoms with van der Waals surface area (Å²) in [7, 11) is 3.16. The van der Waals surface area contributed by atoms with E-state index >= 15 is 0 Å². The third kappa shape index (κ3) is 4.53. The number of carbonyl (C=O) groups excluding carboxylic acids is 2. The first kappa shape index (κ1) is 20.2. The molecule has 3 N–H and O–H groups in total. The van der Waals surface area contributed by atoms with Crippen molar-refractivity contribution >= 4 is 11.8 Å². The molecule has 2 rings (SSSR count). The highest BCUT2D eigenvalue weighted by atomic mass is 16.5. The number of hydrogen-bond donors (Lipinski definition) is 3. The number of amides is 2. The van der Waals surface area contributed by atoms with Crippen LogP contribution in [0, 0.1) is 0 Å². The number of nitrogens with zero attached hydrogens (tertiary/aromatic N) is 1. The van der Waals surface area contributed by atoms with Crippen molar-refractivity contribution in [3.63, 3.8) is 0 Å². The van der Waals surface area contributed by atoms with Crippen LogP contribution in [0.25, 0.3) is 0 Å². The maximum atomic E-state index is 12.9. The van der Waals surface area contributed by atoms with Crippen LogP contribution in [0.4, 0.5) is 0 Å². The highest BCUT2D eigenvalue weighted by molar-refractivity contribution is 5.87. The molecule has 1 heterocycles. The van der Waals surface area contributed by atoms with Gasteiger partial charge in [0.05, 0.1) is 12.6 Å². The summed E-state index contributed by atoms with van der Waals surface area (Å²) in [5.74, 6) is 0.223. The lowest BCUT2D eigenvalue weighted by atomic mass is 9.90. The number of aliphatic hydroxyl groups is 1. The molecule has 2 amide bonds. The first-order chi connectivity index (χ1) is 12.2. The summed E-state index contributed by atoms with van der Waals surface area (Å²) in [6.45, 7) is 4.47. The molecular formula is C19H29N3O4. The van der Waals surface area contributed by atoms with E-state index < -0.39 is 11.1 Å². The molecule has 26 heavy (non-hydrogen) atoms. The molecule has 1 fully saturated rings. The first-order valence-electron chi connectivity index (χ1n) is 8.84. The second-order valence-electron chi connectivity index (χ2n) is 7.27. The number of hydrogen-bond acceptors (Lipinski definition) is 5. The minimum atomic E-state index is -1.51. The molecule has 0 spiro atoms. The van der Waals surface area contributed by atoms with Gasteiger partial charge in [0.15, 0.2) is 5.60 Å². The predicted octanol–water partition coefficient (Wildman–Crippen LogP) is 0.663. The number of rotatable bonds is 7. The Morgan fingerprint density at radius 1 is 1.42 bits per heavy atom. The van der Waals surface area contributed by atoms with Gasteiger partial charge in [-0.15, -0.1) is 0 Å². The highest BCUT2D eigenvalue weighted by Gasteiger charge is 2.43. The molecule has 144 valence electrons. The first-order valence-corrected chi connectivity index (χ1v) is 8.84. The van der Waals surface area contributed by atoms with E-state index in [4.69, 9.17) is 4.74 Å². The minimum absolute atomic E-state index is 0.0286. The largest absolute Gasteiger partial charge is 0.497 e. The van der Waals surface area contributed by atoms with E-state index in [-0.39, 0.29) is 18.4 Å². The van der Waals surface area contributed by atoms with Crippen LogP contribution in [0.2, 0.25) is 0 Å². The molecule has 1 saturated heterocycles. The molecule has 1 aromatic carbocycles. The summed E-state index contributed by atoms with van der Waals surface area (Å²) < 4.78 is 5.22. The van der Waals surface area contributed by atoms with Gasteiger partial charge >= 0.3 is 0 Å². The number of methoxy groups -OCH3 is 1. The third-order valence-electron chi connectivity index (χ3n) is 4.83. The van der Waals surface area contributed by atoms with E-state index in [9.17, 15) is 14.7 Å². The van der Waals surface area contributed by atoms with Crippen molar-refractivity contribution in [1.29, 1.82) is 0 Å². The van der Waals surface area contributed by atoms with Gasteiger partial charge in [-0.2, -0.15) is 0 Å². The maximum absolute atomic E-state index is 12.9. The molecular weight excluding hydrogens is 334 g/mol. The van der Waals surface area contributed by atoms with Crippen molar-refractivity contribution in [2.24, 2.45) is 0 Å². The second-order valence-corrected chi connectivity index (χ2v) is 7.27. The zero-order chi connectivity index (χ0) is 19.4. The standard InChI is InChI=1S/C19H29N3O4/c1-18(2,16(23)20-3)21-13-19(25)9-6-10-22(17(19)24)12-14-7-5-8-15(11-14)26-4/h5,7-8,11,21,25H,6,9-10,12-13H2,1-4H3,(H,20,23)/t19-/m1/s1. The van der Waals surface area contributed by atoms with Gasteiger partial charge in [-0.1, -0.05) is 12.1 Å². The van der Waals surface area contributed by atoms with Crippen molar-refractivity contribution in [3.8, 4) is 5.75 Å². The Kier molecular flexibility index (Phi) is 6.26. The minimum Gasteiger partial charge on any atom is -0.497 e. The Morgan fingerprint density at radius 3 is 2.81 bits per heavy atom. The van der Waals surface area contributed by atoms with Crippen molar-refractivity contribution in [3.05, 3.63) is 29.8 Å². The van der Waals surface area contributed by atoms with Crippen molar-refractivity contribution < 1.29 is 19.4 Å². The van der Waals surface area contributed by atoms with E-state index in [1.54, 1.807) is 32.9 Å². The average molecular weight is 363 g/mol. The molecule has 0 aromatic heterocycles. The van der Waals surface area contributed by atoms with Gasteiger partial charge in [0.2, 0.25) is 5.91 Å². The fraction of sp³-hybridized carbons (Fsp3) is 0.579. The second kappa shape index (κ2) is 8.05. The van der Waals surface area contributed by atoms with Crippen molar-refractivity contribution in [2.45, 2.75) is 44.4 Å². The zero-order valence-electron chi connectivity index (χ0n) is 16.0. The van der Waals surface area contributed by atoms with Gasteiger partial charge in [0.25, 0.3) is 5.91 Å². The molecule has 0 aliphatic carbocycles. The number of nitrogens with one attached hydrogen (secondary N) is 2. The molecule has 0 unspecified atom stereocenters. The van der Waals surface area contributed by atoms with Crippen molar-refractivity contribution in [2.75, 3.05) is 27.2 Å². The summed E-state index contributed by atoms with van der Waals surface area (Å²) in [4.78, 5) is 26.4. The molecule has 7 nitrogen and oxygen atoms in total.